The van der Waals surface area contributed by atoms with E-state index in [0.29, 0.717) is 22.2 Å². The number of carbonyl (C=O) groups excluding carboxylic acids is 1. The average Bonchev–Trinajstić information content (AvgIpc) is 2.09. The SMILES string of the molecule is O=C(CCBr)Nc1cnc(Br)cn1. The van der Waals surface area contributed by atoms with E-state index in [0.717, 1.165) is 0 Å². The van der Waals surface area contributed by atoms with E-state index < -0.39 is 0 Å². The Bertz CT molecular complexity index is 288. The molecule has 0 atom stereocenters. The minimum atomic E-state index is -0.0755. The summed E-state index contributed by atoms with van der Waals surface area (Å²) in [4.78, 5) is 18.9. The number of halogens is 2. The van der Waals surface area contributed by atoms with E-state index in [2.05, 4.69) is 47.1 Å². The van der Waals surface area contributed by atoms with Crippen LogP contribution in [0.5, 0.6) is 0 Å². The topological polar surface area (TPSA) is 54.9 Å². The normalized spacial score (nSPS) is 9.69. The number of nitrogens with one attached hydrogen (secondary N) is 1. The molecular formula is C7H7Br2N3O. The number of amides is 1. The van der Waals surface area contributed by atoms with Crippen LogP contribution in [0.25, 0.3) is 0 Å². The first kappa shape index (κ1) is 10.6. The molecule has 0 aliphatic rings. The summed E-state index contributed by atoms with van der Waals surface area (Å²) in [6.45, 7) is 0. The predicted molar refractivity (Wildman–Crippen MR) is 56.8 cm³/mol. The molecule has 6 heteroatoms. The van der Waals surface area contributed by atoms with Gasteiger partial charge in [0.05, 0.1) is 12.4 Å². The first-order chi connectivity index (χ1) is 6.22. The maximum Gasteiger partial charge on any atom is 0.226 e. The van der Waals surface area contributed by atoms with Crippen LogP contribution in [0.4, 0.5) is 5.82 Å². The van der Waals surface area contributed by atoms with E-state index in [1.165, 1.54) is 12.4 Å². The molecule has 13 heavy (non-hydrogen) atoms. The molecule has 0 saturated heterocycles. The highest BCUT2D eigenvalue weighted by Crippen LogP contribution is 2.06. The zero-order chi connectivity index (χ0) is 9.68. The van der Waals surface area contributed by atoms with Crippen LogP contribution in [0.2, 0.25) is 0 Å². The lowest BCUT2D eigenvalue weighted by Crippen LogP contribution is -2.12. The largest absolute Gasteiger partial charge is 0.309 e. The Kier molecular flexibility index (Phi) is 4.31. The second kappa shape index (κ2) is 5.29. The van der Waals surface area contributed by atoms with Crippen molar-refractivity contribution in [1.29, 1.82) is 0 Å². The summed E-state index contributed by atoms with van der Waals surface area (Å²) in [7, 11) is 0. The second-order valence-corrected chi connectivity index (χ2v) is 3.82. The fraction of sp³-hybridized carbons (Fsp3) is 0.286. The van der Waals surface area contributed by atoms with Gasteiger partial charge in [-0.3, -0.25) is 4.79 Å². The van der Waals surface area contributed by atoms with E-state index in [1.807, 2.05) is 0 Å². The van der Waals surface area contributed by atoms with Gasteiger partial charge in [0, 0.05) is 11.8 Å². The molecule has 70 valence electrons. The highest BCUT2D eigenvalue weighted by Gasteiger charge is 2.01. The lowest BCUT2D eigenvalue weighted by molar-refractivity contribution is -0.115. The van der Waals surface area contributed by atoms with Crippen molar-refractivity contribution in [2.24, 2.45) is 0 Å². The number of aromatic nitrogens is 2. The highest BCUT2D eigenvalue weighted by atomic mass is 79.9. The van der Waals surface area contributed by atoms with Crippen LogP contribution in [0.1, 0.15) is 6.42 Å². The molecular weight excluding hydrogens is 302 g/mol. The molecule has 1 aromatic heterocycles. The van der Waals surface area contributed by atoms with Crippen molar-refractivity contribution in [1.82, 2.24) is 9.97 Å². The fourth-order valence-corrected chi connectivity index (χ4v) is 1.23. The van der Waals surface area contributed by atoms with Crippen LogP contribution in [-0.2, 0) is 4.79 Å². The summed E-state index contributed by atoms with van der Waals surface area (Å²) in [5, 5.41) is 3.25. The van der Waals surface area contributed by atoms with Crippen molar-refractivity contribution in [3.63, 3.8) is 0 Å². The molecule has 0 bridgehead atoms. The zero-order valence-corrected chi connectivity index (χ0v) is 9.80. The van der Waals surface area contributed by atoms with Crippen LogP contribution < -0.4 is 5.32 Å². The molecule has 0 aliphatic carbocycles. The molecule has 4 nitrogen and oxygen atoms in total. The van der Waals surface area contributed by atoms with Gasteiger partial charge in [0.15, 0.2) is 5.82 Å². The van der Waals surface area contributed by atoms with Crippen LogP contribution in [0.15, 0.2) is 17.0 Å². The van der Waals surface area contributed by atoms with Crippen molar-refractivity contribution in [2.45, 2.75) is 6.42 Å². The quantitative estimate of drug-likeness (QED) is 0.869. The number of hydrogen-bond donors (Lipinski definition) is 1. The van der Waals surface area contributed by atoms with Crippen LogP contribution in [0.3, 0.4) is 0 Å². The van der Waals surface area contributed by atoms with E-state index in [1.54, 1.807) is 0 Å². The first-order valence-electron chi connectivity index (χ1n) is 3.55. The average molecular weight is 309 g/mol. The number of rotatable bonds is 3. The van der Waals surface area contributed by atoms with E-state index >= 15 is 0 Å². The fourth-order valence-electron chi connectivity index (χ4n) is 0.668. The van der Waals surface area contributed by atoms with Gasteiger partial charge in [-0.05, 0) is 15.9 Å². The summed E-state index contributed by atoms with van der Waals surface area (Å²) in [6.07, 6.45) is 3.46. The minimum absolute atomic E-state index is 0.0755. The van der Waals surface area contributed by atoms with Gasteiger partial charge < -0.3 is 5.32 Å². The van der Waals surface area contributed by atoms with Gasteiger partial charge in [0.25, 0.3) is 0 Å². The van der Waals surface area contributed by atoms with Crippen LogP contribution >= 0.6 is 31.9 Å². The molecule has 0 radical (unpaired) electrons. The molecule has 0 fully saturated rings. The van der Waals surface area contributed by atoms with E-state index in [4.69, 9.17) is 0 Å². The molecule has 1 amide bonds. The third-order valence-corrected chi connectivity index (χ3v) is 2.02. The van der Waals surface area contributed by atoms with Crippen molar-refractivity contribution < 1.29 is 4.79 Å². The monoisotopic (exact) mass is 307 g/mol. The Morgan fingerprint density at radius 3 is 2.77 bits per heavy atom. The maximum atomic E-state index is 11.1. The van der Waals surface area contributed by atoms with Crippen molar-refractivity contribution >= 4 is 43.6 Å². The molecule has 1 rings (SSSR count). The van der Waals surface area contributed by atoms with Crippen molar-refractivity contribution in [2.75, 3.05) is 10.6 Å². The smallest absolute Gasteiger partial charge is 0.226 e. The summed E-state index contributed by atoms with van der Waals surface area (Å²) >= 11 is 6.32. The lowest BCUT2D eigenvalue weighted by Gasteiger charge is -2.01. The predicted octanol–water partition coefficient (Wildman–Crippen LogP) is 1.96. The Labute approximate surface area is 92.4 Å². The Morgan fingerprint density at radius 1 is 1.46 bits per heavy atom. The summed E-state index contributed by atoms with van der Waals surface area (Å²) in [6, 6.07) is 0. The Morgan fingerprint density at radius 2 is 2.23 bits per heavy atom. The van der Waals surface area contributed by atoms with Crippen molar-refractivity contribution in [3.05, 3.63) is 17.0 Å². The van der Waals surface area contributed by atoms with Gasteiger partial charge in [-0.1, -0.05) is 15.9 Å². The van der Waals surface area contributed by atoms with Gasteiger partial charge >= 0.3 is 0 Å². The Balaban J connectivity index is 2.54. The summed E-state index contributed by atoms with van der Waals surface area (Å²) < 4.78 is 0.644. The van der Waals surface area contributed by atoms with E-state index in [-0.39, 0.29) is 5.91 Å². The maximum absolute atomic E-state index is 11.1. The molecule has 0 spiro atoms. The minimum Gasteiger partial charge on any atom is -0.309 e. The van der Waals surface area contributed by atoms with Gasteiger partial charge in [-0.2, -0.15) is 0 Å². The number of alkyl halides is 1. The number of hydrogen-bond acceptors (Lipinski definition) is 3. The number of anilines is 1. The first-order valence-corrected chi connectivity index (χ1v) is 5.47. The summed E-state index contributed by atoms with van der Waals surface area (Å²) in [5.74, 6) is 0.391. The zero-order valence-electron chi connectivity index (χ0n) is 6.63. The van der Waals surface area contributed by atoms with Gasteiger partial charge in [0.1, 0.15) is 4.60 Å². The molecule has 0 unspecified atom stereocenters. The summed E-state index contributed by atoms with van der Waals surface area (Å²) in [5.41, 5.74) is 0. The standard InChI is InChI=1S/C7H7Br2N3O/c8-2-1-7(13)12-6-4-10-5(9)3-11-6/h3-4H,1-2H2,(H,11,12,13). The highest BCUT2D eigenvalue weighted by molar-refractivity contribution is 9.10. The van der Waals surface area contributed by atoms with Gasteiger partial charge in [0.2, 0.25) is 5.91 Å². The third kappa shape index (κ3) is 3.82. The number of nitrogens with zero attached hydrogens (tertiary/aromatic N) is 2. The Hall–Kier alpha value is -0.490. The van der Waals surface area contributed by atoms with E-state index in [9.17, 15) is 4.79 Å². The third-order valence-electron chi connectivity index (χ3n) is 1.21. The van der Waals surface area contributed by atoms with Crippen LogP contribution in [0, 0.1) is 0 Å². The molecule has 0 saturated carbocycles. The van der Waals surface area contributed by atoms with Crippen molar-refractivity contribution in [3.8, 4) is 0 Å². The molecule has 1 heterocycles. The van der Waals surface area contributed by atoms with Crippen LogP contribution in [-0.4, -0.2) is 21.2 Å². The molecule has 1 aromatic rings. The van der Waals surface area contributed by atoms with Gasteiger partial charge in [-0.15, -0.1) is 0 Å². The second-order valence-electron chi connectivity index (χ2n) is 2.21. The lowest BCUT2D eigenvalue weighted by atomic mass is 10.4. The number of carbonyl (C=O) groups is 1. The molecule has 0 aromatic carbocycles. The molecule has 1 N–H and O–H groups in total. The van der Waals surface area contributed by atoms with Gasteiger partial charge in [-0.25, -0.2) is 9.97 Å². The molecule has 0 aliphatic heterocycles.